The Bertz CT molecular complexity index is 650. The van der Waals surface area contributed by atoms with E-state index in [4.69, 9.17) is 0 Å². The van der Waals surface area contributed by atoms with E-state index in [9.17, 15) is 9.90 Å². The number of carboxylic acid groups (broad SMARTS) is 1. The Morgan fingerprint density at radius 3 is 2.17 bits per heavy atom. The monoisotopic (exact) mass is 323 g/mol. The normalized spacial score (nSPS) is 17.3. The summed E-state index contributed by atoms with van der Waals surface area (Å²) in [7, 11) is 0. The Morgan fingerprint density at radius 2 is 1.58 bits per heavy atom. The average molecular weight is 323 g/mol. The average Bonchev–Trinajstić information content (AvgIpc) is 2.63. The molecule has 0 radical (unpaired) electrons. The molecule has 1 aliphatic heterocycles. The highest BCUT2D eigenvalue weighted by atomic mass is 16.4. The fourth-order valence-corrected chi connectivity index (χ4v) is 3.27. The van der Waals surface area contributed by atoms with E-state index in [0.29, 0.717) is 12.8 Å². The number of likely N-dealkylation sites (tertiary alicyclic amines) is 1. The summed E-state index contributed by atoms with van der Waals surface area (Å²) in [5.41, 5.74) is 1.18. The first-order valence-electron chi connectivity index (χ1n) is 8.49. The molecule has 1 heterocycles. The molecule has 0 unspecified atom stereocenters. The maximum atomic E-state index is 11.8. The van der Waals surface area contributed by atoms with E-state index in [0.717, 1.165) is 31.7 Å². The molecule has 0 spiro atoms. The zero-order valence-electron chi connectivity index (χ0n) is 13.8. The fraction of sp³-hybridized carbons (Fsp3) is 0.350. The van der Waals surface area contributed by atoms with Crippen molar-refractivity contribution in [3.63, 3.8) is 0 Å². The molecule has 24 heavy (non-hydrogen) atoms. The fourth-order valence-electron chi connectivity index (χ4n) is 3.27. The van der Waals surface area contributed by atoms with Gasteiger partial charge >= 0.3 is 0 Å². The molecule has 2 aromatic carbocycles. The van der Waals surface area contributed by atoms with Crippen molar-refractivity contribution in [1.82, 2.24) is 4.90 Å². The molecular weight excluding hydrogens is 300 g/mol. The summed E-state index contributed by atoms with van der Waals surface area (Å²) >= 11 is 0. The third kappa shape index (κ3) is 3.95. The van der Waals surface area contributed by atoms with E-state index in [1.54, 1.807) is 0 Å². The minimum Gasteiger partial charge on any atom is -0.548 e. The van der Waals surface area contributed by atoms with E-state index in [2.05, 4.69) is 34.5 Å². The van der Waals surface area contributed by atoms with Gasteiger partial charge in [0, 0.05) is 25.3 Å². The molecule has 3 rings (SSSR count). The first kappa shape index (κ1) is 16.5. The maximum Gasteiger partial charge on any atom is 0.0793 e. The van der Waals surface area contributed by atoms with Crippen LogP contribution in [0.25, 0.3) is 0 Å². The summed E-state index contributed by atoms with van der Waals surface area (Å²) in [6.07, 6.45) is 2.10. The van der Waals surface area contributed by atoms with Crippen LogP contribution in [0, 0.1) is 0 Å². The molecule has 2 aromatic rings. The van der Waals surface area contributed by atoms with Crippen LogP contribution in [-0.4, -0.2) is 36.0 Å². The summed E-state index contributed by atoms with van der Waals surface area (Å²) < 4.78 is 0. The van der Waals surface area contributed by atoms with Crippen LogP contribution >= 0.6 is 0 Å². The highest BCUT2D eigenvalue weighted by Crippen LogP contribution is 2.27. The molecular formula is C20H23N2O2-. The van der Waals surface area contributed by atoms with Crippen LogP contribution in [0.1, 0.15) is 18.4 Å². The van der Waals surface area contributed by atoms with E-state index in [1.807, 2.05) is 36.4 Å². The molecule has 1 N–H and O–H groups in total. The zero-order valence-corrected chi connectivity index (χ0v) is 13.8. The van der Waals surface area contributed by atoms with Gasteiger partial charge < -0.3 is 20.1 Å². The zero-order chi connectivity index (χ0) is 16.8. The van der Waals surface area contributed by atoms with Crippen LogP contribution in [0.2, 0.25) is 0 Å². The number of carbonyl (C=O) groups is 1. The molecule has 0 aliphatic carbocycles. The number of nitrogens with zero attached hydrogens (tertiary/aromatic N) is 1. The van der Waals surface area contributed by atoms with E-state index < -0.39 is 11.5 Å². The van der Waals surface area contributed by atoms with Crippen molar-refractivity contribution in [3.05, 3.63) is 66.2 Å². The van der Waals surface area contributed by atoms with Gasteiger partial charge in [-0.25, -0.2) is 0 Å². The lowest BCUT2D eigenvalue weighted by Crippen LogP contribution is -2.59. The van der Waals surface area contributed by atoms with Crippen molar-refractivity contribution >= 4 is 11.7 Å². The number of carboxylic acids is 1. The van der Waals surface area contributed by atoms with E-state index in [1.165, 1.54) is 5.56 Å². The number of aliphatic carboxylic acids is 1. The molecule has 1 aliphatic rings. The summed E-state index contributed by atoms with van der Waals surface area (Å²) in [5.74, 6) is -1.01. The van der Waals surface area contributed by atoms with Gasteiger partial charge in [0.1, 0.15) is 0 Å². The minimum atomic E-state index is -1.01. The second kappa shape index (κ2) is 7.49. The Morgan fingerprint density at radius 1 is 1.00 bits per heavy atom. The number of rotatable bonds is 6. The largest absolute Gasteiger partial charge is 0.548 e. The third-order valence-electron chi connectivity index (χ3n) is 4.82. The smallest absolute Gasteiger partial charge is 0.0793 e. The number of carbonyl (C=O) groups excluding carboxylic acids is 1. The van der Waals surface area contributed by atoms with Crippen molar-refractivity contribution in [2.75, 3.05) is 25.0 Å². The van der Waals surface area contributed by atoms with Gasteiger partial charge in [-0.1, -0.05) is 48.5 Å². The Labute approximate surface area is 143 Å². The second-order valence-corrected chi connectivity index (χ2v) is 6.44. The van der Waals surface area contributed by atoms with Crippen LogP contribution in [0.5, 0.6) is 0 Å². The van der Waals surface area contributed by atoms with E-state index >= 15 is 0 Å². The predicted octanol–water partition coefficient (Wildman–Crippen LogP) is 1.93. The molecule has 0 amide bonds. The molecule has 0 saturated carbocycles. The summed E-state index contributed by atoms with van der Waals surface area (Å²) in [5, 5.41) is 15.0. The maximum absolute atomic E-state index is 11.8. The highest BCUT2D eigenvalue weighted by molar-refractivity contribution is 5.81. The van der Waals surface area contributed by atoms with Crippen molar-refractivity contribution in [2.45, 2.75) is 24.8 Å². The van der Waals surface area contributed by atoms with Gasteiger partial charge in [-0.2, -0.15) is 0 Å². The Balaban J connectivity index is 1.57. The van der Waals surface area contributed by atoms with Crippen LogP contribution in [0.3, 0.4) is 0 Å². The lowest BCUT2D eigenvalue weighted by molar-refractivity contribution is -0.313. The number of para-hydroxylation sites is 1. The Hall–Kier alpha value is -2.33. The number of piperidine rings is 1. The topological polar surface area (TPSA) is 55.4 Å². The predicted molar refractivity (Wildman–Crippen MR) is 93.6 cm³/mol. The molecule has 1 saturated heterocycles. The summed E-state index contributed by atoms with van der Waals surface area (Å²) in [4.78, 5) is 14.1. The standard InChI is InChI=1S/C20H24N2O2/c23-19(24)20(21-18-9-5-2-6-10-18)12-15-22(16-13-20)14-11-17-7-3-1-4-8-17/h1-10,21H,11-16H2,(H,23,24)/p-1. The molecule has 126 valence electrons. The lowest BCUT2D eigenvalue weighted by Gasteiger charge is -2.43. The van der Waals surface area contributed by atoms with Gasteiger partial charge in [0.25, 0.3) is 0 Å². The molecule has 0 bridgehead atoms. The van der Waals surface area contributed by atoms with Gasteiger partial charge in [-0.3, -0.25) is 0 Å². The van der Waals surface area contributed by atoms with Crippen LogP contribution in [0.15, 0.2) is 60.7 Å². The van der Waals surface area contributed by atoms with E-state index in [-0.39, 0.29) is 0 Å². The first-order valence-corrected chi connectivity index (χ1v) is 8.49. The molecule has 4 heteroatoms. The highest BCUT2D eigenvalue weighted by Gasteiger charge is 2.35. The molecule has 0 atom stereocenters. The summed E-state index contributed by atoms with van der Waals surface area (Å²) in [6.45, 7) is 2.49. The third-order valence-corrected chi connectivity index (χ3v) is 4.82. The number of anilines is 1. The van der Waals surface area contributed by atoms with Gasteiger partial charge in [-0.05, 0) is 37.0 Å². The van der Waals surface area contributed by atoms with Crippen LogP contribution < -0.4 is 10.4 Å². The van der Waals surface area contributed by atoms with Gasteiger partial charge in [0.2, 0.25) is 0 Å². The molecule has 4 nitrogen and oxygen atoms in total. The van der Waals surface area contributed by atoms with Gasteiger partial charge in [-0.15, -0.1) is 0 Å². The van der Waals surface area contributed by atoms with Gasteiger partial charge in [0.05, 0.1) is 11.5 Å². The minimum absolute atomic E-state index is 0.555. The number of hydrogen-bond acceptors (Lipinski definition) is 4. The Kier molecular flexibility index (Phi) is 5.16. The van der Waals surface area contributed by atoms with Crippen molar-refractivity contribution in [1.29, 1.82) is 0 Å². The van der Waals surface area contributed by atoms with Crippen LogP contribution in [-0.2, 0) is 11.2 Å². The SMILES string of the molecule is O=C([O-])C1(Nc2ccccc2)CCN(CCc2ccccc2)CC1. The quantitative estimate of drug-likeness (QED) is 0.882. The van der Waals surface area contributed by atoms with Crippen molar-refractivity contribution in [3.8, 4) is 0 Å². The molecule has 1 fully saturated rings. The lowest BCUT2D eigenvalue weighted by atomic mass is 9.87. The summed E-state index contributed by atoms with van der Waals surface area (Å²) in [6, 6.07) is 19.9. The first-order chi connectivity index (χ1) is 11.7. The number of benzene rings is 2. The van der Waals surface area contributed by atoms with Gasteiger partial charge in [0.15, 0.2) is 0 Å². The second-order valence-electron chi connectivity index (χ2n) is 6.44. The number of hydrogen-bond donors (Lipinski definition) is 1. The molecule has 0 aromatic heterocycles. The van der Waals surface area contributed by atoms with Crippen molar-refractivity contribution in [2.24, 2.45) is 0 Å². The van der Waals surface area contributed by atoms with Crippen LogP contribution in [0.4, 0.5) is 5.69 Å². The number of nitrogens with one attached hydrogen (secondary N) is 1. The van der Waals surface area contributed by atoms with Crippen molar-refractivity contribution < 1.29 is 9.90 Å².